The van der Waals surface area contributed by atoms with Crippen LogP contribution in [0.25, 0.3) is 0 Å². The van der Waals surface area contributed by atoms with Crippen molar-refractivity contribution in [2.75, 3.05) is 6.54 Å². The molecule has 0 aliphatic carbocycles. The quantitative estimate of drug-likeness (QED) is 0.614. The second-order valence-electron chi connectivity index (χ2n) is 3.73. The number of hydrogen-bond donors (Lipinski definition) is 3. The van der Waals surface area contributed by atoms with Gasteiger partial charge in [-0.3, -0.25) is 5.10 Å². The Morgan fingerprint density at radius 1 is 1.50 bits per heavy atom. The fourth-order valence-electron chi connectivity index (χ4n) is 1.36. The Morgan fingerprint density at radius 2 is 2.21 bits per heavy atom. The predicted octanol–water partition coefficient (Wildman–Crippen LogP) is 0.887. The Kier molecular flexibility index (Phi) is 4.10. The third-order valence-corrected chi connectivity index (χ3v) is 2.32. The number of aryl methyl sites for hydroxylation is 2. The molecule has 1 aromatic heterocycles. The molecule has 0 aromatic carbocycles. The number of aromatic nitrogens is 2. The van der Waals surface area contributed by atoms with Crippen LogP contribution >= 0.6 is 0 Å². The first-order valence-electron chi connectivity index (χ1n) is 5.00. The Bertz CT molecular complexity index is 261. The Hall–Kier alpha value is -0.870. The van der Waals surface area contributed by atoms with Gasteiger partial charge >= 0.3 is 0 Å². The molecule has 1 aromatic rings. The minimum Gasteiger partial charge on any atom is -0.393 e. The van der Waals surface area contributed by atoms with Crippen LogP contribution in [0.1, 0.15) is 30.3 Å². The highest BCUT2D eigenvalue weighted by atomic mass is 16.3. The first-order valence-corrected chi connectivity index (χ1v) is 5.00. The molecule has 0 aliphatic rings. The number of rotatable bonds is 5. The van der Waals surface area contributed by atoms with E-state index in [0.717, 1.165) is 30.9 Å². The molecule has 0 saturated carbocycles. The summed E-state index contributed by atoms with van der Waals surface area (Å²) in [7, 11) is 0. The van der Waals surface area contributed by atoms with Crippen LogP contribution in [0.3, 0.4) is 0 Å². The second-order valence-corrected chi connectivity index (χ2v) is 3.73. The summed E-state index contributed by atoms with van der Waals surface area (Å²) in [4.78, 5) is 0. The average Bonchev–Trinajstić information content (AvgIpc) is 2.42. The van der Waals surface area contributed by atoms with Crippen molar-refractivity contribution < 1.29 is 5.11 Å². The molecular weight excluding hydrogens is 178 g/mol. The lowest BCUT2D eigenvalue weighted by molar-refractivity contribution is 0.183. The van der Waals surface area contributed by atoms with Crippen LogP contribution in [0.4, 0.5) is 0 Å². The summed E-state index contributed by atoms with van der Waals surface area (Å²) in [6.07, 6.45) is 0.560. The molecule has 80 valence electrons. The Morgan fingerprint density at radius 3 is 2.71 bits per heavy atom. The van der Waals surface area contributed by atoms with E-state index in [2.05, 4.69) is 15.5 Å². The van der Waals surface area contributed by atoms with Gasteiger partial charge in [-0.05, 0) is 33.7 Å². The topological polar surface area (TPSA) is 60.9 Å². The molecule has 0 aliphatic heterocycles. The summed E-state index contributed by atoms with van der Waals surface area (Å²) < 4.78 is 0. The average molecular weight is 197 g/mol. The van der Waals surface area contributed by atoms with Gasteiger partial charge in [0, 0.05) is 17.8 Å². The molecule has 0 spiro atoms. The van der Waals surface area contributed by atoms with Crippen LogP contribution in [-0.2, 0) is 6.54 Å². The van der Waals surface area contributed by atoms with Gasteiger partial charge < -0.3 is 10.4 Å². The minimum absolute atomic E-state index is 0.228. The second kappa shape index (κ2) is 5.12. The standard InChI is InChI=1S/C10H19N3O/c1-7(14)4-5-11-6-10-8(2)12-13-9(10)3/h7,11,14H,4-6H2,1-3H3,(H,12,13). The smallest absolute Gasteiger partial charge is 0.0638 e. The number of nitrogens with one attached hydrogen (secondary N) is 2. The highest BCUT2D eigenvalue weighted by Gasteiger charge is 2.05. The third-order valence-electron chi connectivity index (χ3n) is 2.32. The molecule has 4 heteroatoms. The van der Waals surface area contributed by atoms with Gasteiger partial charge in [0.1, 0.15) is 0 Å². The van der Waals surface area contributed by atoms with E-state index < -0.39 is 0 Å². The van der Waals surface area contributed by atoms with E-state index in [1.165, 1.54) is 5.56 Å². The van der Waals surface area contributed by atoms with Gasteiger partial charge in [0.05, 0.1) is 11.8 Å². The molecule has 0 fully saturated rings. The number of nitrogens with zero attached hydrogens (tertiary/aromatic N) is 1. The van der Waals surface area contributed by atoms with Gasteiger partial charge in [-0.2, -0.15) is 5.10 Å². The van der Waals surface area contributed by atoms with E-state index in [9.17, 15) is 0 Å². The molecule has 3 N–H and O–H groups in total. The lowest BCUT2D eigenvalue weighted by atomic mass is 10.2. The van der Waals surface area contributed by atoms with Crippen LogP contribution in [0.5, 0.6) is 0 Å². The number of aliphatic hydroxyl groups is 1. The lowest BCUT2D eigenvalue weighted by Gasteiger charge is -2.06. The van der Waals surface area contributed by atoms with Crippen molar-refractivity contribution in [3.63, 3.8) is 0 Å². The van der Waals surface area contributed by atoms with Crippen molar-refractivity contribution in [2.45, 2.75) is 39.8 Å². The largest absolute Gasteiger partial charge is 0.393 e. The summed E-state index contributed by atoms with van der Waals surface area (Å²) in [6.45, 7) is 7.47. The fraction of sp³-hybridized carbons (Fsp3) is 0.700. The number of aromatic amines is 1. The van der Waals surface area contributed by atoms with Crippen molar-refractivity contribution >= 4 is 0 Å². The molecule has 1 atom stereocenters. The van der Waals surface area contributed by atoms with E-state index in [4.69, 9.17) is 5.11 Å². The van der Waals surface area contributed by atoms with Crippen molar-refractivity contribution in [3.05, 3.63) is 17.0 Å². The zero-order chi connectivity index (χ0) is 10.6. The van der Waals surface area contributed by atoms with Crippen molar-refractivity contribution in [1.29, 1.82) is 0 Å². The first kappa shape index (κ1) is 11.2. The Labute approximate surface area is 84.7 Å². The number of aliphatic hydroxyl groups excluding tert-OH is 1. The highest BCUT2D eigenvalue weighted by Crippen LogP contribution is 2.08. The predicted molar refractivity (Wildman–Crippen MR) is 56.1 cm³/mol. The van der Waals surface area contributed by atoms with Crippen molar-refractivity contribution in [1.82, 2.24) is 15.5 Å². The Balaban J connectivity index is 2.31. The maximum atomic E-state index is 9.06. The maximum Gasteiger partial charge on any atom is 0.0638 e. The zero-order valence-electron chi connectivity index (χ0n) is 9.09. The lowest BCUT2D eigenvalue weighted by Crippen LogP contribution is -2.19. The van der Waals surface area contributed by atoms with Crippen LogP contribution in [0.2, 0.25) is 0 Å². The molecule has 1 unspecified atom stereocenters. The van der Waals surface area contributed by atoms with E-state index in [1.807, 2.05) is 13.8 Å². The summed E-state index contributed by atoms with van der Waals surface area (Å²) in [5.74, 6) is 0. The summed E-state index contributed by atoms with van der Waals surface area (Å²) in [5.41, 5.74) is 3.40. The minimum atomic E-state index is -0.228. The number of hydrogen-bond acceptors (Lipinski definition) is 3. The van der Waals surface area contributed by atoms with Crippen molar-refractivity contribution in [2.24, 2.45) is 0 Å². The highest BCUT2D eigenvalue weighted by molar-refractivity contribution is 5.22. The molecule has 1 rings (SSSR count). The van der Waals surface area contributed by atoms with E-state index in [1.54, 1.807) is 6.92 Å². The van der Waals surface area contributed by atoms with Gasteiger partial charge in [-0.25, -0.2) is 0 Å². The van der Waals surface area contributed by atoms with Gasteiger partial charge in [0.2, 0.25) is 0 Å². The molecule has 4 nitrogen and oxygen atoms in total. The van der Waals surface area contributed by atoms with Gasteiger partial charge in [0.15, 0.2) is 0 Å². The first-order chi connectivity index (χ1) is 6.61. The maximum absolute atomic E-state index is 9.06. The molecule has 0 radical (unpaired) electrons. The van der Waals surface area contributed by atoms with Gasteiger partial charge in [-0.1, -0.05) is 0 Å². The van der Waals surface area contributed by atoms with E-state index >= 15 is 0 Å². The molecule has 0 bridgehead atoms. The van der Waals surface area contributed by atoms with Crippen molar-refractivity contribution in [3.8, 4) is 0 Å². The van der Waals surface area contributed by atoms with Gasteiger partial charge in [-0.15, -0.1) is 0 Å². The SMILES string of the molecule is Cc1n[nH]c(C)c1CNCCC(C)O. The number of H-pyrrole nitrogens is 1. The summed E-state index contributed by atoms with van der Waals surface area (Å²) in [5, 5.41) is 19.4. The summed E-state index contributed by atoms with van der Waals surface area (Å²) >= 11 is 0. The van der Waals surface area contributed by atoms with E-state index in [0.29, 0.717) is 0 Å². The third kappa shape index (κ3) is 3.12. The molecule has 0 saturated heterocycles. The van der Waals surface area contributed by atoms with Crippen LogP contribution < -0.4 is 5.32 Å². The molecule has 0 amide bonds. The van der Waals surface area contributed by atoms with Gasteiger partial charge in [0.25, 0.3) is 0 Å². The molecule has 14 heavy (non-hydrogen) atoms. The van der Waals surface area contributed by atoms with Crippen LogP contribution in [-0.4, -0.2) is 28.0 Å². The monoisotopic (exact) mass is 197 g/mol. The zero-order valence-corrected chi connectivity index (χ0v) is 9.09. The fourth-order valence-corrected chi connectivity index (χ4v) is 1.36. The molecular formula is C10H19N3O. The van der Waals surface area contributed by atoms with Crippen LogP contribution in [0, 0.1) is 13.8 Å². The summed E-state index contributed by atoms with van der Waals surface area (Å²) in [6, 6.07) is 0. The van der Waals surface area contributed by atoms with E-state index in [-0.39, 0.29) is 6.10 Å². The van der Waals surface area contributed by atoms with Crippen LogP contribution in [0.15, 0.2) is 0 Å². The molecule has 1 heterocycles. The normalized spacial score (nSPS) is 13.1.